The van der Waals surface area contributed by atoms with E-state index in [1.807, 2.05) is 0 Å². The first-order valence-electron chi connectivity index (χ1n) is 5.74. The van der Waals surface area contributed by atoms with Gasteiger partial charge >= 0.3 is 0 Å². The van der Waals surface area contributed by atoms with Crippen LogP contribution in [-0.4, -0.2) is 23.3 Å². The van der Waals surface area contributed by atoms with Gasteiger partial charge in [-0.2, -0.15) is 0 Å². The monoisotopic (exact) mass is 259 g/mol. The van der Waals surface area contributed by atoms with Crippen molar-refractivity contribution in [2.24, 2.45) is 0 Å². The van der Waals surface area contributed by atoms with Gasteiger partial charge in [0.05, 0.1) is 19.4 Å². The van der Waals surface area contributed by atoms with Crippen molar-refractivity contribution >= 4 is 11.8 Å². The molecule has 0 radical (unpaired) electrons. The highest BCUT2D eigenvalue weighted by atomic mass is 16.3. The molecule has 0 unspecified atom stereocenters. The van der Waals surface area contributed by atoms with Gasteiger partial charge < -0.3 is 15.1 Å². The fourth-order valence-corrected chi connectivity index (χ4v) is 1.41. The molecule has 0 spiro atoms. The SMILES string of the molecule is O=C(CNC(=O)c1ccccn1)NCc1ccco1. The zero-order valence-electron chi connectivity index (χ0n) is 10.1. The van der Waals surface area contributed by atoms with Crippen molar-refractivity contribution in [2.75, 3.05) is 6.54 Å². The van der Waals surface area contributed by atoms with E-state index in [-0.39, 0.29) is 24.1 Å². The minimum Gasteiger partial charge on any atom is -0.467 e. The van der Waals surface area contributed by atoms with Gasteiger partial charge in [-0.15, -0.1) is 0 Å². The first-order valence-corrected chi connectivity index (χ1v) is 5.74. The second-order valence-electron chi connectivity index (χ2n) is 3.75. The number of nitrogens with zero attached hydrogens (tertiary/aromatic N) is 1. The number of nitrogens with one attached hydrogen (secondary N) is 2. The zero-order valence-corrected chi connectivity index (χ0v) is 10.1. The van der Waals surface area contributed by atoms with Crippen molar-refractivity contribution in [1.29, 1.82) is 0 Å². The summed E-state index contributed by atoms with van der Waals surface area (Å²) in [6, 6.07) is 8.50. The summed E-state index contributed by atoms with van der Waals surface area (Å²) in [7, 11) is 0. The van der Waals surface area contributed by atoms with E-state index in [4.69, 9.17) is 4.42 Å². The van der Waals surface area contributed by atoms with Crippen LogP contribution in [0.3, 0.4) is 0 Å². The first-order chi connectivity index (χ1) is 9.25. The molecule has 2 aromatic rings. The molecule has 0 bridgehead atoms. The molecule has 0 saturated carbocycles. The number of aromatic nitrogens is 1. The highest BCUT2D eigenvalue weighted by Crippen LogP contribution is 1.98. The molecule has 0 atom stereocenters. The molecule has 0 aliphatic rings. The van der Waals surface area contributed by atoms with Crippen LogP contribution in [0.5, 0.6) is 0 Å². The molecule has 2 aromatic heterocycles. The summed E-state index contributed by atoms with van der Waals surface area (Å²) in [6.07, 6.45) is 3.05. The highest BCUT2D eigenvalue weighted by Gasteiger charge is 2.08. The quantitative estimate of drug-likeness (QED) is 0.828. The van der Waals surface area contributed by atoms with Gasteiger partial charge in [-0.1, -0.05) is 6.07 Å². The van der Waals surface area contributed by atoms with Gasteiger partial charge in [0.15, 0.2) is 0 Å². The molecule has 0 aliphatic carbocycles. The van der Waals surface area contributed by atoms with Gasteiger partial charge in [0.25, 0.3) is 5.91 Å². The molecule has 2 N–H and O–H groups in total. The lowest BCUT2D eigenvalue weighted by Crippen LogP contribution is -2.36. The Balaban J connectivity index is 1.73. The molecule has 0 aromatic carbocycles. The van der Waals surface area contributed by atoms with E-state index < -0.39 is 0 Å². The predicted octanol–water partition coefficient (Wildman–Crippen LogP) is 0.721. The second-order valence-corrected chi connectivity index (χ2v) is 3.75. The van der Waals surface area contributed by atoms with Crippen molar-refractivity contribution < 1.29 is 14.0 Å². The lowest BCUT2D eigenvalue weighted by Gasteiger charge is -2.05. The number of pyridine rings is 1. The number of amides is 2. The summed E-state index contributed by atoms with van der Waals surface area (Å²) in [6.45, 7) is 0.196. The normalized spacial score (nSPS) is 9.89. The van der Waals surface area contributed by atoms with E-state index in [0.29, 0.717) is 12.3 Å². The molecule has 6 heteroatoms. The van der Waals surface area contributed by atoms with E-state index in [0.717, 1.165) is 0 Å². The summed E-state index contributed by atoms with van der Waals surface area (Å²) < 4.78 is 5.07. The predicted molar refractivity (Wildman–Crippen MR) is 67.1 cm³/mol. The fourth-order valence-electron chi connectivity index (χ4n) is 1.41. The van der Waals surface area contributed by atoms with Gasteiger partial charge in [-0.3, -0.25) is 14.6 Å². The summed E-state index contributed by atoms with van der Waals surface area (Å²) in [4.78, 5) is 27.0. The lowest BCUT2D eigenvalue weighted by atomic mass is 10.3. The Morgan fingerprint density at radius 1 is 1.16 bits per heavy atom. The van der Waals surface area contributed by atoms with Crippen LogP contribution in [-0.2, 0) is 11.3 Å². The van der Waals surface area contributed by atoms with Gasteiger partial charge in [0.1, 0.15) is 11.5 Å². The summed E-state index contributed by atoms with van der Waals surface area (Å²) in [5.74, 6) is -0.0150. The molecule has 0 fully saturated rings. The largest absolute Gasteiger partial charge is 0.467 e. The third-order valence-electron chi connectivity index (χ3n) is 2.35. The standard InChI is InChI=1S/C13H13N3O3/c17-12(15-8-10-4-3-7-19-10)9-16-13(18)11-5-1-2-6-14-11/h1-7H,8-9H2,(H,15,17)(H,16,18). The first kappa shape index (κ1) is 12.8. The van der Waals surface area contributed by atoms with Gasteiger partial charge in [0.2, 0.25) is 5.91 Å². The fraction of sp³-hybridized carbons (Fsp3) is 0.154. The molecular formula is C13H13N3O3. The average molecular weight is 259 g/mol. The number of carbonyl (C=O) groups is 2. The number of carbonyl (C=O) groups excluding carboxylic acids is 2. The Hall–Kier alpha value is -2.63. The van der Waals surface area contributed by atoms with Crippen LogP contribution in [0.2, 0.25) is 0 Å². The molecule has 6 nitrogen and oxygen atoms in total. The molecule has 98 valence electrons. The third-order valence-corrected chi connectivity index (χ3v) is 2.35. The smallest absolute Gasteiger partial charge is 0.270 e. The minimum atomic E-state index is -0.381. The van der Waals surface area contributed by atoms with E-state index in [1.165, 1.54) is 12.5 Å². The molecule has 2 rings (SSSR count). The van der Waals surface area contributed by atoms with Crippen molar-refractivity contribution in [3.63, 3.8) is 0 Å². The topological polar surface area (TPSA) is 84.2 Å². The van der Waals surface area contributed by atoms with Crippen LogP contribution in [0, 0.1) is 0 Å². The van der Waals surface area contributed by atoms with Crippen LogP contribution < -0.4 is 10.6 Å². The summed E-state index contributed by atoms with van der Waals surface area (Å²) in [5.41, 5.74) is 0.279. The molecule has 0 saturated heterocycles. The van der Waals surface area contributed by atoms with Crippen LogP contribution >= 0.6 is 0 Å². The van der Waals surface area contributed by atoms with Crippen molar-refractivity contribution in [2.45, 2.75) is 6.54 Å². The Labute approximate surface area is 109 Å². The highest BCUT2D eigenvalue weighted by molar-refractivity contribution is 5.94. The summed E-state index contributed by atoms with van der Waals surface area (Å²) in [5, 5.41) is 5.11. The molecule has 19 heavy (non-hydrogen) atoms. The lowest BCUT2D eigenvalue weighted by molar-refractivity contribution is -0.120. The van der Waals surface area contributed by atoms with Crippen LogP contribution in [0.1, 0.15) is 16.2 Å². The maximum Gasteiger partial charge on any atom is 0.270 e. The maximum atomic E-state index is 11.6. The summed E-state index contributed by atoms with van der Waals surface area (Å²) >= 11 is 0. The Bertz CT molecular complexity index is 538. The number of rotatable bonds is 5. The Morgan fingerprint density at radius 2 is 2.05 bits per heavy atom. The van der Waals surface area contributed by atoms with Crippen LogP contribution in [0.15, 0.2) is 47.2 Å². The molecular weight excluding hydrogens is 246 g/mol. The van der Waals surface area contributed by atoms with E-state index >= 15 is 0 Å². The zero-order chi connectivity index (χ0) is 13.5. The number of hydrogen-bond acceptors (Lipinski definition) is 4. The number of furan rings is 1. The Kier molecular flexibility index (Phi) is 4.28. The van der Waals surface area contributed by atoms with Crippen molar-refractivity contribution in [3.8, 4) is 0 Å². The number of hydrogen-bond donors (Lipinski definition) is 2. The third kappa shape index (κ3) is 3.95. The van der Waals surface area contributed by atoms with E-state index in [2.05, 4.69) is 15.6 Å². The molecule has 2 heterocycles. The van der Waals surface area contributed by atoms with Gasteiger partial charge in [-0.25, -0.2) is 0 Å². The van der Waals surface area contributed by atoms with Crippen molar-refractivity contribution in [3.05, 3.63) is 54.2 Å². The van der Waals surface area contributed by atoms with Crippen molar-refractivity contribution in [1.82, 2.24) is 15.6 Å². The van der Waals surface area contributed by atoms with Crippen LogP contribution in [0.25, 0.3) is 0 Å². The van der Waals surface area contributed by atoms with Crippen LogP contribution in [0.4, 0.5) is 0 Å². The Morgan fingerprint density at radius 3 is 2.74 bits per heavy atom. The maximum absolute atomic E-state index is 11.6. The molecule has 0 aliphatic heterocycles. The van der Waals surface area contributed by atoms with E-state index in [9.17, 15) is 9.59 Å². The minimum absolute atomic E-state index is 0.101. The van der Waals surface area contributed by atoms with Gasteiger partial charge in [0, 0.05) is 6.20 Å². The molecule has 2 amide bonds. The van der Waals surface area contributed by atoms with E-state index in [1.54, 1.807) is 30.3 Å². The van der Waals surface area contributed by atoms with Gasteiger partial charge in [-0.05, 0) is 24.3 Å². The second kappa shape index (κ2) is 6.34. The average Bonchev–Trinajstić information content (AvgIpc) is 2.96.